The van der Waals surface area contributed by atoms with Crippen molar-refractivity contribution in [2.75, 3.05) is 5.43 Å². The van der Waals surface area contributed by atoms with E-state index >= 15 is 0 Å². The number of nitrogens with zero attached hydrogens (tertiary/aromatic N) is 2. The van der Waals surface area contributed by atoms with Crippen LogP contribution in [0.3, 0.4) is 0 Å². The number of fused-ring (bicyclic) bond motifs is 2. The summed E-state index contributed by atoms with van der Waals surface area (Å²) in [6, 6.07) is 6.01. The Labute approximate surface area is 94.8 Å². The van der Waals surface area contributed by atoms with Crippen LogP contribution in [0.1, 0.15) is 5.69 Å². The Bertz CT molecular complexity index is 458. The number of pyridine rings is 2. The van der Waals surface area contributed by atoms with Gasteiger partial charge in [-0.2, -0.15) is 4.83 Å². The SMILES string of the molecule is c1cnc2nc3c(cc2c1)NNSSC3. The van der Waals surface area contributed by atoms with E-state index in [-0.39, 0.29) is 0 Å². The third kappa shape index (κ3) is 1.75. The van der Waals surface area contributed by atoms with Gasteiger partial charge in [-0.05, 0) is 18.2 Å². The molecule has 2 N–H and O–H groups in total. The van der Waals surface area contributed by atoms with Crippen LogP contribution in [0.15, 0.2) is 24.4 Å². The van der Waals surface area contributed by atoms with Crippen LogP contribution in [-0.4, -0.2) is 9.97 Å². The number of anilines is 1. The zero-order valence-corrected chi connectivity index (χ0v) is 9.36. The van der Waals surface area contributed by atoms with Crippen LogP contribution in [0.2, 0.25) is 0 Å². The van der Waals surface area contributed by atoms with E-state index in [2.05, 4.69) is 26.3 Å². The summed E-state index contributed by atoms with van der Waals surface area (Å²) in [6.45, 7) is 0. The van der Waals surface area contributed by atoms with Gasteiger partial charge in [0.05, 0.1) is 11.4 Å². The molecule has 0 saturated carbocycles. The molecule has 0 fully saturated rings. The van der Waals surface area contributed by atoms with Crippen LogP contribution in [0, 0.1) is 0 Å². The van der Waals surface area contributed by atoms with Gasteiger partial charge < -0.3 is 5.43 Å². The van der Waals surface area contributed by atoms with Crippen molar-refractivity contribution in [3.05, 3.63) is 30.1 Å². The third-order valence-electron chi connectivity index (χ3n) is 2.15. The molecule has 0 saturated heterocycles. The summed E-state index contributed by atoms with van der Waals surface area (Å²) >= 11 is 0. The second-order valence-corrected chi connectivity index (χ2v) is 5.21. The summed E-state index contributed by atoms with van der Waals surface area (Å²) in [7, 11) is 3.29. The van der Waals surface area contributed by atoms with Crippen LogP contribution in [-0.2, 0) is 5.75 Å². The monoisotopic (exact) mass is 236 g/mol. The Morgan fingerprint density at radius 3 is 3.40 bits per heavy atom. The molecule has 1 aliphatic heterocycles. The molecule has 0 bridgehead atoms. The molecule has 0 spiro atoms. The van der Waals surface area contributed by atoms with Crippen molar-refractivity contribution in [1.82, 2.24) is 14.8 Å². The standard InChI is InChI=1S/C9H8N4S2/c1-2-6-4-7-8(5-14-15-13-12-7)11-9(6)10-3-1/h1-4,12-13H,5H2. The number of aromatic nitrogens is 2. The number of hydrogen-bond donors (Lipinski definition) is 2. The van der Waals surface area contributed by atoms with E-state index in [1.54, 1.807) is 28.0 Å². The van der Waals surface area contributed by atoms with Crippen molar-refractivity contribution < 1.29 is 0 Å². The van der Waals surface area contributed by atoms with E-state index < -0.39 is 0 Å². The molecule has 0 amide bonds. The fraction of sp³-hybridized carbons (Fsp3) is 0.111. The van der Waals surface area contributed by atoms with Gasteiger partial charge >= 0.3 is 0 Å². The molecule has 0 aliphatic carbocycles. The summed E-state index contributed by atoms with van der Waals surface area (Å²) in [4.78, 5) is 11.8. The molecule has 0 atom stereocenters. The molecule has 15 heavy (non-hydrogen) atoms. The summed E-state index contributed by atoms with van der Waals surface area (Å²) in [6.07, 6.45) is 1.77. The molecule has 0 aromatic carbocycles. The van der Waals surface area contributed by atoms with Crippen LogP contribution >= 0.6 is 21.8 Å². The molecule has 0 unspecified atom stereocenters. The van der Waals surface area contributed by atoms with E-state index in [1.165, 1.54) is 0 Å². The second-order valence-electron chi connectivity index (χ2n) is 3.11. The van der Waals surface area contributed by atoms with Crippen molar-refractivity contribution in [3.63, 3.8) is 0 Å². The Morgan fingerprint density at radius 2 is 2.40 bits per heavy atom. The lowest BCUT2D eigenvalue weighted by atomic mass is 10.2. The van der Waals surface area contributed by atoms with Gasteiger partial charge in [-0.15, -0.1) is 0 Å². The van der Waals surface area contributed by atoms with Crippen molar-refractivity contribution >= 4 is 38.5 Å². The molecular weight excluding hydrogens is 228 g/mol. The van der Waals surface area contributed by atoms with E-state index in [9.17, 15) is 0 Å². The van der Waals surface area contributed by atoms with Gasteiger partial charge in [-0.25, -0.2) is 9.97 Å². The maximum absolute atomic E-state index is 4.53. The van der Waals surface area contributed by atoms with Crippen LogP contribution < -0.4 is 10.3 Å². The van der Waals surface area contributed by atoms with E-state index in [4.69, 9.17) is 0 Å². The van der Waals surface area contributed by atoms with Crippen LogP contribution in [0.4, 0.5) is 5.69 Å². The number of hydrogen-bond acceptors (Lipinski definition) is 6. The summed E-state index contributed by atoms with van der Waals surface area (Å²) in [5, 5.41) is 1.06. The number of nitrogens with one attached hydrogen (secondary N) is 2. The fourth-order valence-electron chi connectivity index (χ4n) is 1.45. The van der Waals surface area contributed by atoms with Crippen molar-refractivity contribution in [2.45, 2.75) is 5.75 Å². The zero-order chi connectivity index (χ0) is 10.1. The molecule has 2 aromatic rings. The Kier molecular flexibility index (Phi) is 2.40. The van der Waals surface area contributed by atoms with Crippen molar-refractivity contribution in [3.8, 4) is 0 Å². The van der Waals surface area contributed by atoms with E-state index in [1.807, 2.05) is 12.1 Å². The second kappa shape index (κ2) is 3.88. The Hall–Kier alpha value is -0.980. The largest absolute Gasteiger partial charge is 0.309 e. The minimum Gasteiger partial charge on any atom is -0.309 e. The molecule has 0 radical (unpaired) electrons. The lowest BCUT2D eigenvalue weighted by Crippen LogP contribution is -2.11. The van der Waals surface area contributed by atoms with Crippen molar-refractivity contribution in [2.24, 2.45) is 0 Å². The lowest BCUT2D eigenvalue weighted by Gasteiger charge is -2.06. The normalized spacial score (nSPS) is 15.5. The first kappa shape index (κ1) is 9.26. The topological polar surface area (TPSA) is 49.8 Å². The minimum absolute atomic E-state index is 0.811. The number of hydrazine groups is 1. The highest BCUT2D eigenvalue weighted by Gasteiger charge is 2.10. The molecule has 2 aromatic heterocycles. The van der Waals surface area contributed by atoms with Gasteiger partial charge in [-0.3, -0.25) is 0 Å². The first-order valence-corrected chi connectivity index (χ1v) is 6.79. The molecular formula is C9H8N4S2. The minimum atomic E-state index is 0.811. The predicted octanol–water partition coefficient (Wildman–Crippen LogP) is 2.36. The average molecular weight is 236 g/mol. The maximum atomic E-state index is 4.53. The zero-order valence-electron chi connectivity index (χ0n) is 7.73. The first-order valence-electron chi connectivity index (χ1n) is 4.47. The smallest absolute Gasteiger partial charge is 0.159 e. The van der Waals surface area contributed by atoms with E-state index in [0.29, 0.717) is 0 Å². The van der Waals surface area contributed by atoms with Gasteiger partial charge in [0.25, 0.3) is 0 Å². The van der Waals surface area contributed by atoms with Crippen LogP contribution in [0.25, 0.3) is 11.0 Å². The average Bonchev–Trinajstić information content (AvgIpc) is 2.50. The Balaban J connectivity index is 2.20. The third-order valence-corrected chi connectivity index (χ3v) is 3.80. The molecule has 3 rings (SSSR count). The quantitative estimate of drug-likeness (QED) is 0.541. The molecule has 3 heterocycles. The maximum Gasteiger partial charge on any atom is 0.159 e. The number of rotatable bonds is 0. The molecule has 4 nitrogen and oxygen atoms in total. The first-order chi connectivity index (χ1) is 7.43. The van der Waals surface area contributed by atoms with Crippen LogP contribution in [0.5, 0.6) is 0 Å². The van der Waals surface area contributed by atoms with Gasteiger partial charge in [-0.1, -0.05) is 10.8 Å². The molecule has 1 aliphatic rings. The molecule has 76 valence electrons. The van der Waals surface area contributed by atoms with Gasteiger partial charge in [0.15, 0.2) is 5.65 Å². The molecule has 6 heteroatoms. The van der Waals surface area contributed by atoms with Gasteiger partial charge in [0, 0.05) is 28.3 Å². The lowest BCUT2D eigenvalue weighted by molar-refractivity contribution is 1.14. The van der Waals surface area contributed by atoms with Gasteiger partial charge in [0.1, 0.15) is 0 Å². The highest BCUT2D eigenvalue weighted by Crippen LogP contribution is 2.30. The summed E-state index contributed by atoms with van der Waals surface area (Å²) in [5.74, 6) is 0.881. The fourth-order valence-corrected chi connectivity index (χ4v) is 2.87. The van der Waals surface area contributed by atoms with Crippen molar-refractivity contribution in [1.29, 1.82) is 0 Å². The van der Waals surface area contributed by atoms with Gasteiger partial charge in [0.2, 0.25) is 0 Å². The van der Waals surface area contributed by atoms with E-state index in [0.717, 1.165) is 28.2 Å². The predicted molar refractivity (Wildman–Crippen MR) is 65.2 cm³/mol. The summed E-state index contributed by atoms with van der Waals surface area (Å²) < 4.78 is 0. The highest BCUT2D eigenvalue weighted by atomic mass is 33.1. The Morgan fingerprint density at radius 1 is 1.40 bits per heavy atom. The highest BCUT2D eigenvalue weighted by molar-refractivity contribution is 8.75. The summed E-state index contributed by atoms with van der Waals surface area (Å²) in [5.41, 5.74) is 6.01.